The van der Waals surface area contributed by atoms with Gasteiger partial charge in [0.25, 0.3) is 0 Å². The van der Waals surface area contributed by atoms with Crippen molar-refractivity contribution in [3.8, 4) is 17.4 Å². The van der Waals surface area contributed by atoms with Gasteiger partial charge < -0.3 is 20.5 Å². The van der Waals surface area contributed by atoms with E-state index in [0.29, 0.717) is 17.2 Å². The lowest BCUT2D eigenvalue weighted by Crippen LogP contribution is -2.34. The van der Waals surface area contributed by atoms with Crippen LogP contribution >= 0.6 is 11.6 Å². The third-order valence-corrected chi connectivity index (χ3v) is 4.36. The Bertz CT molecular complexity index is 1140. The lowest BCUT2D eigenvalue weighted by Gasteiger charge is -2.16. The minimum Gasteiger partial charge on any atom is -0.470 e. The fourth-order valence-corrected chi connectivity index (χ4v) is 3.00. The first-order valence-corrected chi connectivity index (χ1v) is 9.07. The summed E-state index contributed by atoms with van der Waals surface area (Å²) in [6.07, 6.45) is -4.51. The van der Waals surface area contributed by atoms with Crippen LogP contribution in [0.3, 0.4) is 0 Å². The maximum atomic E-state index is 12.9. The van der Waals surface area contributed by atoms with Gasteiger partial charge >= 0.3 is 12.2 Å². The summed E-state index contributed by atoms with van der Waals surface area (Å²) in [6.45, 7) is -0.129. The molecule has 0 bridgehead atoms. The highest BCUT2D eigenvalue weighted by Gasteiger charge is 2.31. The van der Waals surface area contributed by atoms with Crippen LogP contribution in [0.25, 0.3) is 0 Å². The summed E-state index contributed by atoms with van der Waals surface area (Å²) in [5.41, 5.74) is 5.08. The van der Waals surface area contributed by atoms with Crippen LogP contribution in [0.1, 0.15) is 5.56 Å². The Morgan fingerprint density at radius 1 is 1.19 bits per heavy atom. The zero-order valence-corrected chi connectivity index (χ0v) is 16.2. The van der Waals surface area contributed by atoms with Crippen molar-refractivity contribution in [3.05, 3.63) is 59.2 Å². The van der Waals surface area contributed by atoms with E-state index in [1.807, 2.05) is 0 Å². The number of rotatable bonds is 3. The van der Waals surface area contributed by atoms with Crippen molar-refractivity contribution in [2.24, 2.45) is 0 Å². The molecular formula is C19H13ClF3N5O3. The smallest absolute Gasteiger partial charge is 0.416 e. The lowest BCUT2D eigenvalue weighted by molar-refractivity contribution is -0.137. The van der Waals surface area contributed by atoms with Crippen LogP contribution < -0.4 is 25.4 Å². The number of benzene rings is 2. The van der Waals surface area contributed by atoms with Gasteiger partial charge in [-0.2, -0.15) is 18.2 Å². The Balaban J connectivity index is 1.49. The van der Waals surface area contributed by atoms with E-state index >= 15 is 0 Å². The average Bonchev–Trinajstić information content (AvgIpc) is 3.10. The van der Waals surface area contributed by atoms with Gasteiger partial charge in [0, 0.05) is 17.8 Å². The molecule has 0 saturated heterocycles. The molecule has 0 radical (unpaired) electrons. The number of nitrogens with zero attached hydrogens (tertiary/aromatic N) is 3. The molecule has 0 saturated carbocycles. The minimum atomic E-state index is -4.51. The van der Waals surface area contributed by atoms with Crippen molar-refractivity contribution in [3.63, 3.8) is 0 Å². The van der Waals surface area contributed by atoms with Crippen molar-refractivity contribution in [2.45, 2.75) is 6.18 Å². The molecule has 0 aliphatic carbocycles. The molecule has 1 aliphatic rings. The number of aromatic nitrogens is 2. The molecule has 2 amide bonds. The molecule has 2 aromatic carbocycles. The molecule has 1 aromatic heterocycles. The van der Waals surface area contributed by atoms with Crippen molar-refractivity contribution < 1.29 is 27.4 Å². The molecule has 1 aliphatic heterocycles. The number of carbonyl (C=O) groups is 1. The van der Waals surface area contributed by atoms with Gasteiger partial charge in [-0.15, -0.1) is 0 Å². The molecule has 0 spiro atoms. The molecule has 0 atom stereocenters. The molecule has 160 valence electrons. The summed E-state index contributed by atoms with van der Waals surface area (Å²) in [5, 5.41) is 2.54. The number of hydrogen-bond donors (Lipinski definition) is 2. The number of hydrogen-bond acceptors (Lipinski definition) is 6. The third kappa shape index (κ3) is 4.56. The molecule has 4 rings (SSSR count). The Morgan fingerprint density at radius 3 is 2.74 bits per heavy atom. The molecular weight excluding hydrogens is 439 g/mol. The van der Waals surface area contributed by atoms with E-state index in [1.165, 1.54) is 29.2 Å². The van der Waals surface area contributed by atoms with E-state index < -0.39 is 17.8 Å². The fraction of sp³-hybridized carbons (Fsp3) is 0.105. The minimum absolute atomic E-state index is 0.00598. The Labute approximate surface area is 178 Å². The van der Waals surface area contributed by atoms with E-state index in [-0.39, 0.29) is 29.4 Å². The van der Waals surface area contributed by atoms with E-state index in [9.17, 15) is 18.0 Å². The van der Waals surface area contributed by atoms with E-state index in [0.717, 1.165) is 12.1 Å². The van der Waals surface area contributed by atoms with Crippen molar-refractivity contribution in [1.29, 1.82) is 0 Å². The predicted octanol–water partition coefficient (Wildman–Crippen LogP) is 4.91. The highest BCUT2D eigenvalue weighted by molar-refractivity contribution is 6.29. The van der Waals surface area contributed by atoms with Crippen molar-refractivity contribution in [1.82, 2.24) is 9.97 Å². The fourth-order valence-electron chi connectivity index (χ4n) is 2.82. The third-order valence-electron chi connectivity index (χ3n) is 4.17. The highest BCUT2D eigenvalue weighted by atomic mass is 35.5. The zero-order valence-electron chi connectivity index (χ0n) is 15.5. The number of nitrogen functional groups attached to an aromatic ring is 1. The number of nitrogens with two attached hydrogens (primary N) is 1. The Kier molecular flexibility index (Phi) is 5.19. The summed E-state index contributed by atoms with van der Waals surface area (Å²) in [5.74, 6) is 0.741. The molecule has 31 heavy (non-hydrogen) atoms. The zero-order chi connectivity index (χ0) is 22.2. The quantitative estimate of drug-likeness (QED) is 0.548. The van der Waals surface area contributed by atoms with Gasteiger partial charge in [0.2, 0.25) is 11.8 Å². The number of ether oxygens (including phenoxy) is 2. The number of anilines is 3. The second-order valence-electron chi connectivity index (χ2n) is 6.33. The second kappa shape index (κ2) is 7.84. The topological polar surface area (TPSA) is 103 Å². The number of urea groups is 1. The van der Waals surface area contributed by atoms with Crippen molar-refractivity contribution >= 4 is 35.0 Å². The van der Waals surface area contributed by atoms with Crippen LogP contribution in [0.5, 0.6) is 17.4 Å². The average molecular weight is 452 g/mol. The summed E-state index contributed by atoms with van der Waals surface area (Å²) >= 11 is 5.82. The van der Waals surface area contributed by atoms with Gasteiger partial charge in [-0.25, -0.2) is 9.78 Å². The van der Waals surface area contributed by atoms with E-state index in [1.54, 1.807) is 12.1 Å². The molecule has 3 aromatic rings. The summed E-state index contributed by atoms with van der Waals surface area (Å²) in [4.78, 5) is 21.4. The second-order valence-corrected chi connectivity index (χ2v) is 6.72. The van der Waals surface area contributed by atoms with Crippen LogP contribution in [-0.4, -0.2) is 22.7 Å². The first-order chi connectivity index (χ1) is 14.7. The van der Waals surface area contributed by atoms with E-state index in [2.05, 4.69) is 15.3 Å². The summed E-state index contributed by atoms with van der Waals surface area (Å²) in [6, 6.07) is 9.72. The first-order valence-electron chi connectivity index (χ1n) is 8.69. The number of nitrogens with one attached hydrogen (secondary N) is 1. The number of fused-ring (bicyclic) bond motifs is 1. The van der Waals surface area contributed by atoms with Crippen LogP contribution in [0.2, 0.25) is 5.15 Å². The normalized spacial score (nSPS) is 12.8. The van der Waals surface area contributed by atoms with Crippen LogP contribution in [0.4, 0.5) is 35.3 Å². The number of amides is 2. The maximum absolute atomic E-state index is 12.9. The Morgan fingerprint density at radius 2 is 2.00 bits per heavy atom. The summed E-state index contributed by atoms with van der Waals surface area (Å²) in [7, 11) is 0. The maximum Gasteiger partial charge on any atom is 0.416 e. The Hall–Kier alpha value is -3.73. The van der Waals surface area contributed by atoms with Gasteiger partial charge in [0.15, 0.2) is 6.73 Å². The van der Waals surface area contributed by atoms with Gasteiger partial charge in [-0.05, 0) is 30.3 Å². The SMILES string of the molecule is Nc1nc(Cl)cc(Oc2ccc3c(c2)OCN3C(=O)Nc2cccc(C(F)(F)F)c2)n1. The number of halogens is 4. The lowest BCUT2D eigenvalue weighted by atomic mass is 10.2. The molecule has 3 N–H and O–H groups in total. The van der Waals surface area contributed by atoms with Gasteiger partial charge in [-0.3, -0.25) is 4.90 Å². The predicted molar refractivity (Wildman–Crippen MR) is 106 cm³/mol. The van der Waals surface area contributed by atoms with Crippen LogP contribution in [0, 0.1) is 0 Å². The molecule has 2 heterocycles. The largest absolute Gasteiger partial charge is 0.470 e. The molecule has 8 nitrogen and oxygen atoms in total. The summed E-state index contributed by atoms with van der Waals surface area (Å²) < 4.78 is 49.7. The standard InChI is InChI=1S/C19H13ClF3N5O3/c20-15-8-16(27-17(24)26-15)31-12-4-5-13-14(7-12)30-9-28(13)18(29)25-11-3-1-2-10(6-11)19(21,22)23/h1-8H,9H2,(H,25,29)(H2,24,26,27). The van der Waals surface area contributed by atoms with Gasteiger partial charge in [0.05, 0.1) is 11.3 Å². The van der Waals surface area contributed by atoms with Crippen molar-refractivity contribution in [2.75, 3.05) is 22.7 Å². The number of carbonyl (C=O) groups excluding carboxylic acids is 1. The van der Waals surface area contributed by atoms with Gasteiger partial charge in [-0.1, -0.05) is 17.7 Å². The highest BCUT2D eigenvalue weighted by Crippen LogP contribution is 2.38. The number of alkyl halides is 3. The molecule has 0 unspecified atom stereocenters. The van der Waals surface area contributed by atoms with Gasteiger partial charge in [0.1, 0.15) is 16.7 Å². The first kappa shape index (κ1) is 20.5. The van der Waals surface area contributed by atoms with E-state index in [4.69, 9.17) is 26.8 Å². The monoisotopic (exact) mass is 451 g/mol. The molecule has 0 fully saturated rings. The molecule has 12 heteroatoms. The van der Waals surface area contributed by atoms with Crippen LogP contribution in [-0.2, 0) is 6.18 Å². The van der Waals surface area contributed by atoms with Crippen LogP contribution in [0.15, 0.2) is 48.5 Å².